The smallest absolute Gasteiger partial charge is 0.335 e. The Kier molecular flexibility index (Phi) is 5.64. The van der Waals surface area contributed by atoms with Crippen molar-refractivity contribution in [3.63, 3.8) is 0 Å². The van der Waals surface area contributed by atoms with Gasteiger partial charge in [0.25, 0.3) is 0 Å². The Morgan fingerprint density at radius 3 is 2.04 bits per heavy atom. The summed E-state index contributed by atoms with van der Waals surface area (Å²) < 4.78 is 5.34. The molecule has 0 saturated heterocycles. The van der Waals surface area contributed by atoms with Crippen LogP contribution >= 0.6 is 23.2 Å². The van der Waals surface area contributed by atoms with Gasteiger partial charge in [0.1, 0.15) is 0 Å². The van der Waals surface area contributed by atoms with E-state index in [1.807, 2.05) is 6.92 Å². The summed E-state index contributed by atoms with van der Waals surface area (Å²) in [6.45, 7) is 2.26. The fourth-order valence-corrected chi connectivity index (χ4v) is 2.72. The lowest BCUT2D eigenvalue weighted by atomic mass is 10.0. The van der Waals surface area contributed by atoms with Crippen LogP contribution in [0.2, 0.25) is 10.0 Å². The van der Waals surface area contributed by atoms with E-state index in [9.17, 15) is 9.59 Å². The highest BCUT2D eigenvalue weighted by Gasteiger charge is 2.13. The third-order valence-corrected chi connectivity index (χ3v) is 3.73. The summed E-state index contributed by atoms with van der Waals surface area (Å²) in [5.41, 5.74) is 1.22. The summed E-state index contributed by atoms with van der Waals surface area (Å²) in [6, 6.07) is 9.05. The molecule has 6 heteroatoms. The highest BCUT2D eigenvalue weighted by Crippen LogP contribution is 2.34. The first-order chi connectivity index (χ1) is 10.9. The van der Waals surface area contributed by atoms with E-state index in [4.69, 9.17) is 33.0 Å². The Labute approximate surface area is 143 Å². The van der Waals surface area contributed by atoms with Gasteiger partial charge in [0.05, 0.1) is 22.2 Å². The SMILES string of the molecule is CCOc1c(Cl)cc(CC(=O)c2ccc(C(=O)O)cc2)cc1Cl. The molecule has 1 N–H and O–H groups in total. The number of halogens is 2. The fraction of sp³-hybridized carbons (Fsp3) is 0.176. The van der Waals surface area contributed by atoms with Gasteiger partial charge in [0.2, 0.25) is 0 Å². The molecule has 0 unspecified atom stereocenters. The van der Waals surface area contributed by atoms with Gasteiger partial charge in [-0.25, -0.2) is 4.79 Å². The molecule has 0 spiro atoms. The maximum atomic E-state index is 12.3. The highest BCUT2D eigenvalue weighted by atomic mass is 35.5. The predicted molar refractivity (Wildman–Crippen MR) is 89.1 cm³/mol. The molecule has 0 aliphatic rings. The van der Waals surface area contributed by atoms with Crippen molar-refractivity contribution in [2.24, 2.45) is 0 Å². The zero-order chi connectivity index (χ0) is 17.0. The molecule has 0 aromatic heterocycles. The summed E-state index contributed by atoms with van der Waals surface area (Å²) in [7, 11) is 0. The summed E-state index contributed by atoms with van der Waals surface area (Å²) in [6.07, 6.45) is 0.109. The Balaban J connectivity index is 2.18. The lowest BCUT2D eigenvalue weighted by molar-refractivity contribution is 0.0696. The average Bonchev–Trinajstić information content (AvgIpc) is 2.51. The van der Waals surface area contributed by atoms with Crippen molar-refractivity contribution in [3.05, 3.63) is 63.1 Å². The number of aromatic carboxylic acids is 1. The van der Waals surface area contributed by atoms with Crippen molar-refractivity contribution in [2.75, 3.05) is 6.61 Å². The van der Waals surface area contributed by atoms with Crippen molar-refractivity contribution in [1.29, 1.82) is 0 Å². The second-order valence-electron chi connectivity index (χ2n) is 4.80. The van der Waals surface area contributed by atoms with E-state index in [2.05, 4.69) is 0 Å². The number of Topliss-reactive ketones (excluding diaryl/α,β-unsaturated/α-hetero) is 1. The average molecular weight is 353 g/mol. The van der Waals surface area contributed by atoms with E-state index in [1.54, 1.807) is 12.1 Å². The van der Waals surface area contributed by atoms with Gasteiger partial charge in [0, 0.05) is 12.0 Å². The van der Waals surface area contributed by atoms with Crippen molar-refractivity contribution in [2.45, 2.75) is 13.3 Å². The van der Waals surface area contributed by atoms with Crippen LogP contribution in [0.1, 0.15) is 33.2 Å². The van der Waals surface area contributed by atoms with Crippen LogP contribution in [0.15, 0.2) is 36.4 Å². The van der Waals surface area contributed by atoms with E-state index >= 15 is 0 Å². The van der Waals surface area contributed by atoms with E-state index in [-0.39, 0.29) is 17.8 Å². The molecular formula is C17H14Cl2O4. The molecule has 120 valence electrons. The molecule has 0 radical (unpaired) electrons. The Bertz CT molecular complexity index is 716. The van der Waals surface area contributed by atoms with Crippen LogP contribution in [0.4, 0.5) is 0 Å². The summed E-state index contributed by atoms with van der Waals surface area (Å²) >= 11 is 12.2. The van der Waals surface area contributed by atoms with Gasteiger partial charge < -0.3 is 9.84 Å². The maximum Gasteiger partial charge on any atom is 0.335 e. The Morgan fingerprint density at radius 2 is 1.57 bits per heavy atom. The molecule has 2 aromatic carbocycles. The number of carbonyl (C=O) groups excluding carboxylic acids is 1. The molecule has 0 bridgehead atoms. The summed E-state index contributed by atoms with van der Waals surface area (Å²) in [5.74, 6) is -0.787. The number of ether oxygens (including phenoxy) is 1. The van der Waals surface area contributed by atoms with Gasteiger partial charge in [-0.1, -0.05) is 35.3 Å². The van der Waals surface area contributed by atoms with Gasteiger partial charge in [-0.05, 0) is 36.8 Å². The normalized spacial score (nSPS) is 10.4. The number of carboxylic acid groups (broad SMARTS) is 1. The number of ketones is 1. The van der Waals surface area contributed by atoms with Crippen molar-refractivity contribution >= 4 is 35.0 Å². The number of hydrogen-bond donors (Lipinski definition) is 1. The van der Waals surface area contributed by atoms with Crippen LogP contribution < -0.4 is 4.74 Å². The number of benzene rings is 2. The van der Waals surface area contributed by atoms with Gasteiger partial charge in [-0.15, -0.1) is 0 Å². The quantitative estimate of drug-likeness (QED) is 0.776. The largest absolute Gasteiger partial charge is 0.491 e. The zero-order valence-corrected chi connectivity index (χ0v) is 13.8. The first kappa shape index (κ1) is 17.3. The molecule has 2 aromatic rings. The second kappa shape index (κ2) is 7.49. The molecule has 4 nitrogen and oxygen atoms in total. The van der Waals surface area contributed by atoms with E-state index in [1.165, 1.54) is 24.3 Å². The van der Waals surface area contributed by atoms with Gasteiger partial charge in [-0.2, -0.15) is 0 Å². The van der Waals surface area contributed by atoms with Crippen molar-refractivity contribution < 1.29 is 19.4 Å². The Hall–Kier alpha value is -2.04. The van der Waals surface area contributed by atoms with E-state index < -0.39 is 5.97 Å². The molecule has 0 heterocycles. The first-order valence-corrected chi connectivity index (χ1v) is 7.65. The standard InChI is InChI=1S/C17H14Cl2O4/c1-2-23-16-13(18)7-10(8-14(16)19)9-15(20)11-3-5-12(6-4-11)17(21)22/h3-8H,2,9H2,1H3,(H,21,22). The van der Waals surface area contributed by atoms with Crippen LogP contribution in [-0.2, 0) is 6.42 Å². The third kappa shape index (κ3) is 4.24. The molecule has 0 amide bonds. The van der Waals surface area contributed by atoms with Crippen molar-refractivity contribution in [3.8, 4) is 5.75 Å². The Morgan fingerprint density at radius 1 is 1.04 bits per heavy atom. The van der Waals surface area contributed by atoms with E-state index in [0.717, 1.165) is 0 Å². The van der Waals surface area contributed by atoms with Gasteiger partial charge >= 0.3 is 5.97 Å². The molecule has 0 aliphatic carbocycles. The number of hydrogen-bond acceptors (Lipinski definition) is 3. The molecule has 0 saturated carbocycles. The fourth-order valence-electron chi connectivity index (χ4n) is 2.08. The second-order valence-corrected chi connectivity index (χ2v) is 5.62. The summed E-state index contributed by atoms with van der Waals surface area (Å²) in [4.78, 5) is 23.1. The minimum atomic E-state index is -1.03. The molecule has 2 rings (SSSR count). The van der Waals surface area contributed by atoms with Crippen LogP contribution in [0, 0.1) is 0 Å². The predicted octanol–water partition coefficient (Wildman–Crippen LogP) is 4.52. The minimum Gasteiger partial charge on any atom is -0.491 e. The molecule has 23 heavy (non-hydrogen) atoms. The zero-order valence-electron chi connectivity index (χ0n) is 12.3. The van der Waals surface area contributed by atoms with Crippen LogP contribution in [0.5, 0.6) is 5.75 Å². The van der Waals surface area contributed by atoms with Crippen LogP contribution in [0.25, 0.3) is 0 Å². The lowest BCUT2D eigenvalue weighted by Gasteiger charge is -2.10. The van der Waals surface area contributed by atoms with Gasteiger partial charge in [0.15, 0.2) is 11.5 Å². The summed E-state index contributed by atoms with van der Waals surface area (Å²) in [5, 5.41) is 9.55. The lowest BCUT2D eigenvalue weighted by Crippen LogP contribution is -2.05. The molecule has 0 fully saturated rings. The highest BCUT2D eigenvalue weighted by molar-refractivity contribution is 6.37. The third-order valence-electron chi connectivity index (χ3n) is 3.17. The van der Waals surface area contributed by atoms with Gasteiger partial charge in [-0.3, -0.25) is 4.79 Å². The number of carbonyl (C=O) groups is 2. The number of rotatable bonds is 6. The molecule has 0 aliphatic heterocycles. The minimum absolute atomic E-state index is 0.109. The van der Waals surface area contributed by atoms with Crippen LogP contribution in [0.3, 0.4) is 0 Å². The maximum absolute atomic E-state index is 12.3. The topological polar surface area (TPSA) is 63.6 Å². The molecular weight excluding hydrogens is 339 g/mol. The number of carboxylic acids is 1. The van der Waals surface area contributed by atoms with Crippen LogP contribution in [-0.4, -0.2) is 23.5 Å². The first-order valence-electron chi connectivity index (χ1n) is 6.89. The molecule has 0 atom stereocenters. The van der Waals surface area contributed by atoms with E-state index in [0.29, 0.717) is 33.5 Å². The monoisotopic (exact) mass is 352 g/mol. The van der Waals surface area contributed by atoms with Crippen molar-refractivity contribution in [1.82, 2.24) is 0 Å².